The second-order valence-corrected chi connectivity index (χ2v) is 3.30. The Morgan fingerprint density at radius 1 is 1.56 bits per heavy atom. The van der Waals surface area contributed by atoms with Gasteiger partial charge in [0.25, 0.3) is 0 Å². The molecule has 6 nitrogen and oxygen atoms in total. The van der Waals surface area contributed by atoms with E-state index in [-0.39, 0.29) is 0 Å². The van der Waals surface area contributed by atoms with Gasteiger partial charge in [-0.25, -0.2) is 9.78 Å². The average molecular weight is 221 g/mol. The lowest BCUT2D eigenvalue weighted by molar-refractivity contribution is 0.0588. The van der Waals surface area contributed by atoms with E-state index in [1.807, 2.05) is 6.92 Å². The summed E-state index contributed by atoms with van der Waals surface area (Å²) < 4.78 is 11.1. The number of nitrogens with zero attached hydrogens (tertiary/aromatic N) is 3. The first-order valence-electron chi connectivity index (χ1n) is 4.71. The third-order valence-electron chi connectivity index (χ3n) is 2.27. The normalized spacial score (nSPS) is 10.4. The molecule has 2 aromatic rings. The molecular formula is C10H11N3O3. The number of rotatable bonds is 3. The zero-order valence-corrected chi connectivity index (χ0v) is 9.01. The summed E-state index contributed by atoms with van der Waals surface area (Å²) >= 11 is 0. The van der Waals surface area contributed by atoms with Gasteiger partial charge in [0.1, 0.15) is 17.8 Å². The quantitative estimate of drug-likeness (QED) is 0.723. The number of imidazole rings is 1. The summed E-state index contributed by atoms with van der Waals surface area (Å²) in [5.74, 6) is 0.332. The summed E-state index contributed by atoms with van der Waals surface area (Å²) in [6.07, 6.45) is 4.62. The van der Waals surface area contributed by atoms with E-state index in [2.05, 4.69) is 14.9 Å². The van der Waals surface area contributed by atoms with E-state index in [4.69, 9.17) is 4.52 Å². The summed E-state index contributed by atoms with van der Waals surface area (Å²) in [6, 6.07) is 0. The monoisotopic (exact) mass is 221 g/mol. The Morgan fingerprint density at radius 2 is 2.38 bits per heavy atom. The van der Waals surface area contributed by atoms with Crippen LogP contribution in [0.15, 0.2) is 23.2 Å². The molecule has 0 aliphatic carbocycles. The molecule has 0 bridgehead atoms. The number of esters is 1. The fourth-order valence-corrected chi connectivity index (χ4v) is 1.42. The smallest absolute Gasteiger partial charge is 0.356 e. The van der Waals surface area contributed by atoms with Crippen molar-refractivity contribution in [1.82, 2.24) is 14.7 Å². The Hall–Kier alpha value is -2.11. The number of ether oxygens (including phenoxy) is 1. The van der Waals surface area contributed by atoms with Crippen LogP contribution in [0.2, 0.25) is 0 Å². The molecule has 0 aliphatic rings. The molecule has 0 spiro atoms. The van der Waals surface area contributed by atoms with Crippen LogP contribution in [-0.2, 0) is 11.3 Å². The molecule has 0 unspecified atom stereocenters. The van der Waals surface area contributed by atoms with Gasteiger partial charge in [-0.1, -0.05) is 5.16 Å². The predicted molar refractivity (Wildman–Crippen MR) is 53.9 cm³/mol. The van der Waals surface area contributed by atoms with Gasteiger partial charge in [-0.3, -0.25) is 0 Å². The summed E-state index contributed by atoms with van der Waals surface area (Å²) in [5, 5.41) is 3.60. The number of aryl methyl sites for hydroxylation is 1. The maximum atomic E-state index is 11.5. The minimum Gasteiger partial charge on any atom is -0.464 e. The minimum atomic E-state index is -0.406. The highest BCUT2D eigenvalue weighted by Gasteiger charge is 2.15. The molecule has 0 fully saturated rings. The van der Waals surface area contributed by atoms with Gasteiger partial charge < -0.3 is 13.8 Å². The van der Waals surface area contributed by atoms with Crippen LogP contribution in [0, 0.1) is 6.92 Å². The largest absolute Gasteiger partial charge is 0.464 e. The third kappa shape index (κ3) is 1.81. The van der Waals surface area contributed by atoms with Crippen LogP contribution in [-0.4, -0.2) is 27.8 Å². The number of hydrogen-bond acceptors (Lipinski definition) is 5. The van der Waals surface area contributed by atoms with Gasteiger partial charge in [-0.2, -0.15) is 0 Å². The van der Waals surface area contributed by atoms with Crippen LogP contribution >= 0.6 is 0 Å². The predicted octanol–water partition coefficient (Wildman–Crippen LogP) is 1.01. The topological polar surface area (TPSA) is 70.2 Å². The number of hydrogen-bond donors (Lipinski definition) is 0. The average Bonchev–Trinajstić information content (AvgIpc) is 2.90. The van der Waals surface area contributed by atoms with Crippen LogP contribution < -0.4 is 0 Å². The number of carbonyl (C=O) groups is 1. The van der Waals surface area contributed by atoms with Crippen molar-refractivity contribution in [3.8, 4) is 0 Å². The summed E-state index contributed by atoms with van der Waals surface area (Å²) in [7, 11) is 1.34. The molecule has 2 heterocycles. The summed E-state index contributed by atoms with van der Waals surface area (Å²) in [6.45, 7) is 2.31. The molecule has 0 aromatic carbocycles. The van der Waals surface area contributed by atoms with Crippen molar-refractivity contribution < 1.29 is 14.1 Å². The fourth-order valence-electron chi connectivity index (χ4n) is 1.42. The van der Waals surface area contributed by atoms with Crippen molar-refractivity contribution in [3.05, 3.63) is 35.7 Å². The molecule has 0 amide bonds. The van der Waals surface area contributed by atoms with E-state index in [9.17, 15) is 4.79 Å². The van der Waals surface area contributed by atoms with Gasteiger partial charge >= 0.3 is 5.97 Å². The van der Waals surface area contributed by atoms with Crippen molar-refractivity contribution in [3.63, 3.8) is 0 Å². The molecule has 0 atom stereocenters. The number of carbonyl (C=O) groups excluding carboxylic acids is 1. The first-order chi connectivity index (χ1) is 7.72. The van der Waals surface area contributed by atoms with Crippen LogP contribution in [0.25, 0.3) is 0 Å². The van der Waals surface area contributed by atoms with Crippen molar-refractivity contribution in [2.45, 2.75) is 13.5 Å². The zero-order valence-electron chi connectivity index (χ0n) is 9.01. The lowest BCUT2D eigenvalue weighted by Crippen LogP contribution is -2.12. The Bertz CT molecular complexity index is 487. The Labute approximate surface area is 91.8 Å². The third-order valence-corrected chi connectivity index (χ3v) is 2.27. The number of aromatic nitrogens is 3. The SMILES string of the molecule is COC(=O)c1cnc(C)n1Cc1cnoc1. The van der Waals surface area contributed by atoms with E-state index in [1.165, 1.54) is 19.6 Å². The lowest BCUT2D eigenvalue weighted by atomic mass is 10.3. The summed E-state index contributed by atoms with van der Waals surface area (Å²) in [4.78, 5) is 15.5. The molecule has 2 aromatic heterocycles. The van der Waals surface area contributed by atoms with Crippen molar-refractivity contribution >= 4 is 5.97 Å². The molecule has 0 saturated heterocycles. The molecule has 0 radical (unpaired) electrons. The standard InChI is InChI=1S/C10H11N3O3/c1-7-11-4-9(10(14)15-2)13(7)5-8-3-12-16-6-8/h3-4,6H,5H2,1-2H3. The molecule has 0 N–H and O–H groups in total. The lowest BCUT2D eigenvalue weighted by Gasteiger charge is -2.06. The van der Waals surface area contributed by atoms with Crippen LogP contribution in [0.5, 0.6) is 0 Å². The van der Waals surface area contributed by atoms with E-state index in [1.54, 1.807) is 10.8 Å². The van der Waals surface area contributed by atoms with Crippen LogP contribution in [0.4, 0.5) is 0 Å². The second-order valence-electron chi connectivity index (χ2n) is 3.30. The van der Waals surface area contributed by atoms with Crippen molar-refractivity contribution in [2.24, 2.45) is 0 Å². The van der Waals surface area contributed by atoms with Crippen LogP contribution in [0.1, 0.15) is 21.9 Å². The highest BCUT2D eigenvalue weighted by atomic mass is 16.5. The maximum absolute atomic E-state index is 11.5. The van der Waals surface area contributed by atoms with E-state index in [0.717, 1.165) is 11.4 Å². The first kappa shape index (κ1) is 10.4. The molecule has 0 saturated carbocycles. The van der Waals surface area contributed by atoms with Gasteiger partial charge in [0.15, 0.2) is 0 Å². The maximum Gasteiger partial charge on any atom is 0.356 e. The molecule has 0 aliphatic heterocycles. The van der Waals surface area contributed by atoms with E-state index < -0.39 is 5.97 Å². The molecule has 84 valence electrons. The zero-order chi connectivity index (χ0) is 11.5. The molecule has 2 rings (SSSR count). The molecule has 16 heavy (non-hydrogen) atoms. The van der Waals surface area contributed by atoms with Gasteiger partial charge in [-0.15, -0.1) is 0 Å². The Morgan fingerprint density at radius 3 is 3.00 bits per heavy atom. The van der Waals surface area contributed by atoms with E-state index in [0.29, 0.717) is 12.2 Å². The highest BCUT2D eigenvalue weighted by Crippen LogP contribution is 2.10. The van der Waals surface area contributed by atoms with Gasteiger partial charge in [-0.05, 0) is 6.92 Å². The van der Waals surface area contributed by atoms with Gasteiger partial charge in [0, 0.05) is 5.56 Å². The first-order valence-corrected chi connectivity index (χ1v) is 4.71. The molecule has 6 heteroatoms. The Kier molecular flexibility index (Phi) is 2.72. The minimum absolute atomic E-state index is 0.406. The van der Waals surface area contributed by atoms with Crippen molar-refractivity contribution in [2.75, 3.05) is 7.11 Å². The molecular weight excluding hydrogens is 210 g/mol. The van der Waals surface area contributed by atoms with E-state index >= 15 is 0 Å². The highest BCUT2D eigenvalue weighted by molar-refractivity contribution is 5.87. The number of methoxy groups -OCH3 is 1. The van der Waals surface area contributed by atoms with Gasteiger partial charge in [0.2, 0.25) is 0 Å². The summed E-state index contributed by atoms with van der Waals surface area (Å²) in [5.41, 5.74) is 1.28. The second kappa shape index (κ2) is 4.18. The fraction of sp³-hybridized carbons (Fsp3) is 0.300. The Balaban J connectivity index is 2.32. The van der Waals surface area contributed by atoms with Gasteiger partial charge in [0.05, 0.1) is 26.0 Å². The van der Waals surface area contributed by atoms with Crippen molar-refractivity contribution in [1.29, 1.82) is 0 Å². The van der Waals surface area contributed by atoms with Crippen LogP contribution in [0.3, 0.4) is 0 Å².